The van der Waals surface area contributed by atoms with Gasteiger partial charge in [-0.1, -0.05) is 6.07 Å². The van der Waals surface area contributed by atoms with Crippen LogP contribution in [-0.4, -0.2) is 59.6 Å². The van der Waals surface area contributed by atoms with Crippen LogP contribution in [0.3, 0.4) is 0 Å². The van der Waals surface area contributed by atoms with Gasteiger partial charge < -0.3 is 25.8 Å². The Bertz CT molecular complexity index is 1330. The second-order valence-electron chi connectivity index (χ2n) is 9.71. The van der Waals surface area contributed by atoms with Gasteiger partial charge in [-0.2, -0.15) is 0 Å². The van der Waals surface area contributed by atoms with E-state index < -0.39 is 0 Å². The van der Waals surface area contributed by atoms with Crippen LogP contribution in [-0.2, 0) is 13.0 Å². The van der Waals surface area contributed by atoms with Crippen LogP contribution in [0.5, 0.6) is 0 Å². The molecule has 9 nitrogen and oxygen atoms in total. The van der Waals surface area contributed by atoms with Crippen LogP contribution in [0.15, 0.2) is 36.7 Å². The van der Waals surface area contributed by atoms with E-state index in [0.717, 1.165) is 61.1 Å². The van der Waals surface area contributed by atoms with Crippen LogP contribution in [0.25, 0.3) is 11.3 Å². The van der Waals surface area contributed by atoms with Crippen LogP contribution >= 0.6 is 0 Å². The number of carbonyl (C=O) groups is 1. The number of hydrogen-bond donors (Lipinski definition) is 3. The molecule has 2 saturated heterocycles. The normalized spacial score (nSPS) is 19.4. The van der Waals surface area contributed by atoms with E-state index in [1.165, 1.54) is 12.0 Å². The number of amides is 1. The van der Waals surface area contributed by atoms with Crippen molar-refractivity contribution in [3.8, 4) is 11.3 Å². The van der Waals surface area contributed by atoms with Crippen molar-refractivity contribution < 1.29 is 4.79 Å². The summed E-state index contributed by atoms with van der Waals surface area (Å²) in [5.41, 5.74) is 5.67. The summed E-state index contributed by atoms with van der Waals surface area (Å²) >= 11 is 0. The van der Waals surface area contributed by atoms with E-state index in [4.69, 9.17) is 9.97 Å². The largest absolute Gasteiger partial charge is 0.359 e. The van der Waals surface area contributed by atoms with Crippen LogP contribution < -0.4 is 25.8 Å². The average molecular weight is 455 g/mol. The molecule has 0 radical (unpaired) electrons. The molecule has 0 atom stereocenters. The Kier molecular flexibility index (Phi) is 4.14. The Morgan fingerprint density at radius 1 is 1.15 bits per heavy atom. The van der Waals surface area contributed by atoms with Gasteiger partial charge in [0.1, 0.15) is 17.5 Å². The van der Waals surface area contributed by atoms with Gasteiger partial charge in [-0.05, 0) is 37.6 Å². The summed E-state index contributed by atoms with van der Waals surface area (Å²) in [5.74, 6) is 2.58. The summed E-state index contributed by atoms with van der Waals surface area (Å²) in [6, 6.07) is 7.98. The maximum Gasteiger partial charge on any atom is 0.254 e. The summed E-state index contributed by atoms with van der Waals surface area (Å²) in [6.07, 6.45) is 5.75. The topological polar surface area (TPSA) is 98.3 Å². The summed E-state index contributed by atoms with van der Waals surface area (Å²) in [6.45, 7) is 4.49. The van der Waals surface area contributed by atoms with Gasteiger partial charge in [0.05, 0.1) is 28.7 Å². The number of rotatable bonds is 4. The molecular weight excluding hydrogens is 428 g/mol. The van der Waals surface area contributed by atoms with Gasteiger partial charge in [0.2, 0.25) is 0 Å². The number of aromatic nitrogens is 3. The minimum absolute atomic E-state index is 0.0825. The number of nitrogens with one attached hydrogen (secondary N) is 3. The third-order valence-electron chi connectivity index (χ3n) is 7.59. The highest BCUT2D eigenvalue weighted by Gasteiger charge is 2.47. The van der Waals surface area contributed by atoms with Gasteiger partial charge in [-0.3, -0.25) is 9.78 Å². The minimum atomic E-state index is -0.0825. The van der Waals surface area contributed by atoms with E-state index in [-0.39, 0.29) is 5.91 Å². The third-order valence-corrected chi connectivity index (χ3v) is 7.59. The number of hydrogen-bond acceptors (Lipinski definition) is 8. The molecule has 172 valence electrons. The Labute approximate surface area is 197 Å². The lowest BCUT2D eigenvalue weighted by Crippen LogP contribution is -2.76. The summed E-state index contributed by atoms with van der Waals surface area (Å²) in [5, 5.41) is 9.89. The summed E-state index contributed by atoms with van der Waals surface area (Å²) in [4.78, 5) is 31.5. The van der Waals surface area contributed by atoms with Crippen LogP contribution in [0.1, 0.15) is 27.9 Å². The zero-order chi connectivity index (χ0) is 22.9. The number of carbonyl (C=O) groups excluding carboxylic acids is 1. The van der Waals surface area contributed by atoms with Crippen molar-refractivity contribution in [1.82, 2.24) is 25.6 Å². The van der Waals surface area contributed by atoms with E-state index >= 15 is 0 Å². The summed E-state index contributed by atoms with van der Waals surface area (Å²) < 4.78 is 0. The molecule has 3 aromatic heterocycles. The lowest BCUT2D eigenvalue weighted by molar-refractivity contribution is 0.0966. The first-order valence-corrected chi connectivity index (χ1v) is 11.8. The summed E-state index contributed by atoms with van der Waals surface area (Å²) in [7, 11) is 2.06. The molecule has 7 heterocycles. The molecule has 4 aliphatic heterocycles. The molecule has 9 heteroatoms. The first kappa shape index (κ1) is 19.7. The highest BCUT2D eigenvalue weighted by molar-refractivity contribution is 6.05. The predicted octanol–water partition coefficient (Wildman–Crippen LogP) is 2.07. The molecule has 0 bridgehead atoms. The van der Waals surface area contributed by atoms with Crippen LogP contribution in [0.4, 0.5) is 23.1 Å². The zero-order valence-corrected chi connectivity index (χ0v) is 19.1. The molecule has 0 aromatic carbocycles. The molecule has 0 unspecified atom stereocenters. The highest BCUT2D eigenvalue weighted by atomic mass is 16.1. The number of pyridine rings is 3. The number of nitrogens with zero attached hydrogens (tertiary/aromatic N) is 5. The maximum absolute atomic E-state index is 12.9. The first-order valence-electron chi connectivity index (χ1n) is 11.8. The van der Waals surface area contributed by atoms with Crippen molar-refractivity contribution >= 4 is 29.0 Å². The molecule has 1 spiro atoms. The van der Waals surface area contributed by atoms with Crippen molar-refractivity contribution in [1.29, 1.82) is 0 Å². The van der Waals surface area contributed by atoms with Crippen molar-refractivity contribution in [3.05, 3.63) is 53.3 Å². The molecule has 34 heavy (non-hydrogen) atoms. The Morgan fingerprint density at radius 2 is 2.03 bits per heavy atom. The second-order valence-corrected chi connectivity index (χ2v) is 9.71. The first-order chi connectivity index (χ1) is 16.6. The number of anilines is 4. The average Bonchev–Trinajstić information content (AvgIpc) is 3.36. The molecule has 0 saturated carbocycles. The SMILES string of the molecule is CN1CCc2c(-c3ncc(Nc4cccc(N5CC6(CCN6)C5)n4)c4c3CNC4=O)ccnc21. The van der Waals surface area contributed by atoms with E-state index in [1.54, 1.807) is 6.20 Å². The molecule has 3 N–H and O–H groups in total. The molecule has 7 rings (SSSR count). The van der Waals surface area contributed by atoms with Gasteiger partial charge in [0.25, 0.3) is 5.91 Å². The van der Waals surface area contributed by atoms with E-state index in [1.807, 2.05) is 30.5 Å². The second kappa shape index (κ2) is 7.14. The van der Waals surface area contributed by atoms with Gasteiger partial charge >= 0.3 is 0 Å². The predicted molar refractivity (Wildman–Crippen MR) is 131 cm³/mol. The molecule has 4 aliphatic rings. The molecule has 2 fully saturated rings. The van der Waals surface area contributed by atoms with Crippen LogP contribution in [0, 0.1) is 0 Å². The number of likely N-dealkylation sites (N-methyl/N-ethyl adjacent to an activating group) is 1. The van der Waals surface area contributed by atoms with Gasteiger partial charge in [0, 0.05) is 56.1 Å². The smallest absolute Gasteiger partial charge is 0.254 e. The van der Waals surface area contributed by atoms with E-state index in [9.17, 15) is 4.79 Å². The molecular formula is C25H26N8O. The van der Waals surface area contributed by atoms with Crippen molar-refractivity contribution in [2.24, 2.45) is 0 Å². The quantitative estimate of drug-likeness (QED) is 0.551. The maximum atomic E-state index is 12.9. The molecule has 1 amide bonds. The fraction of sp³-hybridized carbons (Fsp3) is 0.360. The van der Waals surface area contributed by atoms with Crippen molar-refractivity contribution in [2.75, 3.05) is 48.3 Å². The van der Waals surface area contributed by atoms with Crippen molar-refractivity contribution in [2.45, 2.75) is 24.9 Å². The van der Waals surface area contributed by atoms with E-state index in [2.05, 4.69) is 37.8 Å². The highest BCUT2D eigenvalue weighted by Crippen LogP contribution is 2.39. The zero-order valence-electron chi connectivity index (χ0n) is 19.1. The van der Waals surface area contributed by atoms with Gasteiger partial charge in [-0.25, -0.2) is 9.97 Å². The Balaban J connectivity index is 1.22. The lowest BCUT2D eigenvalue weighted by Gasteiger charge is -2.56. The fourth-order valence-corrected chi connectivity index (χ4v) is 5.63. The number of fused-ring (bicyclic) bond motifs is 2. The van der Waals surface area contributed by atoms with Gasteiger partial charge in [-0.15, -0.1) is 0 Å². The minimum Gasteiger partial charge on any atom is -0.359 e. The lowest BCUT2D eigenvalue weighted by atomic mass is 9.80. The Hall–Kier alpha value is -3.72. The molecule has 3 aromatic rings. The third kappa shape index (κ3) is 2.89. The van der Waals surface area contributed by atoms with E-state index in [0.29, 0.717) is 29.2 Å². The molecule has 0 aliphatic carbocycles. The van der Waals surface area contributed by atoms with Gasteiger partial charge in [0.15, 0.2) is 0 Å². The fourth-order valence-electron chi connectivity index (χ4n) is 5.63. The standard InChI is InChI=1S/C25H26N8O/c1-32-10-6-16-15(5-8-26-23(16)32)22-17-11-28-24(34)21(17)18(12-27-22)30-19-3-2-4-20(31-19)33-13-25(14-33)7-9-29-25/h2-5,8,12,29H,6-7,9-11,13-14H2,1H3,(H,28,34)(H,30,31). The monoisotopic (exact) mass is 454 g/mol. The van der Waals surface area contributed by atoms with Crippen molar-refractivity contribution in [3.63, 3.8) is 0 Å². The van der Waals surface area contributed by atoms with Crippen LogP contribution in [0.2, 0.25) is 0 Å². The Morgan fingerprint density at radius 3 is 2.85 bits per heavy atom.